The topological polar surface area (TPSA) is 81.0 Å². The van der Waals surface area contributed by atoms with Crippen LogP contribution in [-0.2, 0) is 14.3 Å². The SMILES string of the molecule is CCOC(=O)C1=C(c2ccccc2)N=c2s/c(=C3/C(=O)N(CC)c4ccccc43)c(=O)n2[C@@H]1c1ccc(Cl)cc1. The molecule has 3 aromatic carbocycles. The maximum atomic E-state index is 14.3. The summed E-state index contributed by atoms with van der Waals surface area (Å²) in [6.45, 7) is 4.26. The van der Waals surface area contributed by atoms with E-state index in [1.165, 1.54) is 4.57 Å². The summed E-state index contributed by atoms with van der Waals surface area (Å²) in [5.41, 5.74) is 3.47. The molecule has 0 fully saturated rings. The minimum absolute atomic E-state index is 0.157. The van der Waals surface area contributed by atoms with Gasteiger partial charge in [-0.15, -0.1) is 0 Å². The number of rotatable bonds is 5. The van der Waals surface area contributed by atoms with Crippen LogP contribution in [0.1, 0.15) is 36.6 Å². The highest BCUT2D eigenvalue weighted by Gasteiger charge is 2.37. The summed E-state index contributed by atoms with van der Waals surface area (Å²) < 4.78 is 7.28. The second-order valence-corrected chi connectivity index (χ2v) is 10.7. The van der Waals surface area contributed by atoms with E-state index >= 15 is 0 Å². The number of carbonyl (C=O) groups is 2. The van der Waals surface area contributed by atoms with E-state index in [0.717, 1.165) is 17.0 Å². The molecule has 0 N–H and O–H groups in total. The number of aromatic nitrogens is 1. The largest absolute Gasteiger partial charge is 0.463 e. The van der Waals surface area contributed by atoms with Gasteiger partial charge < -0.3 is 9.64 Å². The molecule has 0 bridgehead atoms. The number of para-hydroxylation sites is 1. The molecule has 4 aromatic rings. The first-order valence-corrected chi connectivity index (χ1v) is 14.1. The number of nitrogens with zero attached hydrogens (tertiary/aromatic N) is 3. The van der Waals surface area contributed by atoms with E-state index in [2.05, 4.69) is 0 Å². The van der Waals surface area contributed by atoms with E-state index < -0.39 is 17.6 Å². The number of amides is 1. The quantitative estimate of drug-likeness (QED) is 0.335. The molecule has 0 unspecified atom stereocenters. The number of benzene rings is 3. The highest BCUT2D eigenvalue weighted by molar-refractivity contribution is 7.07. The molecule has 1 aromatic heterocycles. The van der Waals surface area contributed by atoms with E-state index in [0.29, 0.717) is 44.3 Å². The highest BCUT2D eigenvalue weighted by Crippen LogP contribution is 2.37. The Morgan fingerprint density at radius 2 is 1.68 bits per heavy atom. The summed E-state index contributed by atoms with van der Waals surface area (Å²) >= 11 is 7.36. The minimum atomic E-state index is -0.842. The van der Waals surface area contributed by atoms with Crippen LogP contribution in [0, 0.1) is 0 Å². The number of esters is 1. The number of hydrogen-bond donors (Lipinski definition) is 0. The lowest BCUT2D eigenvalue weighted by molar-refractivity contribution is -0.138. The molecule has 40 heavy (non-hydrogen) atoms. The third kappa shape index (κ3) is 4.11. The van der Waals surface area contributed by atoms with Gasteiger partial charge in [0.15, 0.2) is 4.80 Å². The van der Waals surface area contributed by atoms with Crippen LogP contribution in [0.25, 0.3) is 11.3 Å². The summed E-state index contributed by atoms with van der Waals surface area (Å²) in [6.07, 6.45) is 0. The van der Waals surface area contributed by atoms with Crippen LogP contribution in [0.2, 0.25) is 5.02 Å². The third-order valence-corrected chi connectivity index (χ3v) is 8.31. The van der Waals surface area contributed by atoms with Crippen molar-refractivity contribution in [3.63, 3.8) is 0 Å². The number of hydrogen-bond acceptors (Lipinski definition) is 6. The van der Waals surface area contributed by atoms with Crippen molar-refractivity contribution in [2.45, 2.75) is 19.9 Å². The fraction of sp³-hybridized carbons (Fsp3) is 0.161. The number of fused-ring (bicyclic) bond motifs is 2. The smallest absolute Gasteiger partial charge is 0.338 e. The number of thiazole rings is 1. The standard InChI is InChI=1S/C31H24ClN3O4S/c1-3-34-22-13-9-8-12-21(22)23(28(34)36)27-29(37)35-26(19-14-16-20(32)17-15-19)24(30(38)39-4-2)25(33-31(35)40-27)18-10-6-5-7-11-18/h5-17,26H,3-4H2,1-2H3/b27-23+/t26-/m1/s1. The second-order valence-electron chi connectivity index (χ2n) is 9.25. The van der Waals surface area contributed by atoms with Crippen molar-refractivity contribution in [2.24, 2.45) is 4.99 Å². The lowest BCUT2D eigenvalue weighted by atomic mass is 9.93. The number of halogens is 1. The Labute approximate surface area is 238 Å². The average Bonchev–Trinajstić information content (AvgIpc) is 3.45. The minimum Gasteiger partial charge on any atom is -0.463 e. The zero-order chi connectivity index (χ0) is 28.0. The maximum absolute atomic E-state index is 14.3. The van der Waals surface area contributed by atoms with Gasteiger partial charge in [0.05, 0.1) is 35.2 Å². The average molecular weight is 570 g/mol. The van der Waals surface area contributed by atoms with E-state index in [1.54, 1.807) is 36.1 Å². The molecular weight excluding hydrogens is 546 g/mol. The van der Waals surface area contributed by atoms with Gasteiger partial charge in [0, 0.05) is 22.7 Å². The molecule has 0 aliphatic carbocycles. The molecule has 7 nitrogen and oxygen atoms in total. The zero-order valence-corrected chi connectivity index (χ0v) is 23.3. The van der Waals surface area contributed by atoms with Crippen LogP contribution >= 0.6 is 22.9 Å². The molecule has 1 amide bonds. The van der Waals surface area contributed by atoms with Crippen LogP contribution in [0.5, 0.6) is 0 Å². The molecule has 0 radical (unpaired) electrons. The van der Waals surface area contributed by atoms with Gasteiger partial charge in [-0.25, -0.2) is 9.79 Å². The van der Waals surface area contributed by atoms with Gasteiger partial charge in [-0.2, -0.15) is 0 Å². The van der Waals surface area contributed by atoms with E-state index in [-0.39, 0.29) is 22.6 Å². The van der Waals surface area contributed by atoms with Crippen LogP contribution in [-0.4, -0.2) is 29.6 Å². The van der Waals surface area contributed by atoms with E-state index in [4.69, 9.17) is 21.3 Å². The molecule has 3 heterocycles. The monoisotopic (exact) mass is 569 g/mol. The van der Waals surface area contributed by atoms with Gasteiger partial charge in [-0.1, -0.05) is 83.6 Å². The lowest BCUT2D eigenvalue weighted by Crippen LogP contribution is -2.41. The zero-order valence-electron chi connectivity index (χ0n) is 21.8. The fourth-order valence-corrected chi connectivity index (χ4v) is 6.48. The first kappa shape index (κ1) is 26.0. The van der Waals surface area contributed by atoms with Crippen molar-refractivity contribution in [3.05, 3.63) is 126 Å². The van der Waals surface area contributed by atoms with Crippen molar-refractivity contribution in [3.8, 4) is 0 Å². The normalized spacial score (nSPS) is 17.4. The van der Waals surface area contributed by atoms with Crippen molar-refractivity contribution >= 4 is 51.8 Å². The Morgan fingerprint density at radius 3 is 2.38 bits per heavy atom. The second kappa shape index (κ2) is 10.4. The van der Waals surface area contributed by atoms with Crippen molar-refractivity contribution in [1.29, 1.82) is 0 Å². The molecule has 2 aliphatic heterocycles. The molecular formula is C31H24ClN3O4S. The predicted octanol–water partition coefficient (Wildman–Crippen LogP) is 4.33. The summed E-state index contributed by atoms with van der Waals surface area (Å²) in [5.74, 6) is -0.799. The summed E-state index contributed by atoms with van der Waals surface area (Å²) in [4.78, 5) is 48.4. The maximum Gasteiger partial charge on any atom is 0.338 e. The molecule has 6 rings (SSSR count). The molecule has 0 spiro atoms. The first-order chi connectivity index (χ1) is 19.4. The van der Waals surface area contributed by atoms with Crippen LogP contribution < -0.4 is 19.8 Å². The van der Waals surface area contributed by atoms with Gasteiger partial charge in [-0.3, -0.25) is 14.2 Å². The number of ether oxygens (including phenoxy) is 1. The van der Waals surface area contributed by atoms with Gasteiger partial charge in [0.25, 0.3) is 11.5 Å². The Hall–Kier alpha value is -4.27. The molecule has 200 valence electrons. The Bertz CT molecular complexity index is 1870. The van der Waals surface area contributed by atoms with Crippen molar-refractivity contribution in [2.75, 3.05) is 18.1 Å². The van der Waals surface area contributed by atoms with Gasteiger partial charge in [0.2, 0.25) is 0 Å². The van der Waals surface area contributed by atoms with Gasteiger partial charge >= 0.3 is 5.97 Å². The van der Waals surface area contributed by atoms with Crippen molar-refractivity contribution in [1.82, 2.24) is 4.57 Å². The van der Waals surface area contributed by atoms with Crippen LogP contribution in [0.4, 0.5) is 5.69 Å². The molecule has 9 heteroatoms. The van der Waals surface area contributed by atoms with Gasteiger partial charge in [0.1, 0.15) is 4.53 Å². The Balaban J connectivity index is 1.72. The van der Waals surface area contributed by atoms with Crippen molar-refractivity contribution < 1.29 is 14.3 Å². The van der Waals surface area contributed by atoms with Gasteiger partial charge in [-0.05, 0) is 37.6 Å². The molecule has 2 aliphatic rings. The molecule has 1 atom stereocenters. The van der Waals surface area contributed by atoms with E-state index in [1.807, 2.05) is 61.5 Å². The van der Waals surface area contributed by atoms with Crippen LogP contribution in [0.15, 0.2) is 94.2 Å². The number of anilines is 1. The summed E-state index contributed by atoms with van der Waals surface area (Å²) in [6, 6.07) is 23.0. The Morgan fingerprint density at radius 1 is 0.975 bits per heavy atom. The van der Waals surface area contributed by atoms with Crippen LogP contribution in [0.3, 0.4) is 0 Å². The first-order valence-electron chi connectivity index (χ1n) is 12.9. The summed E-state index contributed by atoms with van der Waals surface area (Å²) in [5, 5.41) is 0.524. The third-order valence-electron chi connectivity index (χ3n) is 7.00. The number of likely N-dealkylation sites (N-methyl/N-ethyl adjacent to an activating group) is 1. The predicted molar refractivity (Wildman–Crippen MR) is 156 cm³/mol. The summed E-state index contributed by atoms with van der Waals surface area (Å²) in [7, 11) is 0. The fourth-order valence-electron chi connectivity index (χ4n) is 5.26. The molecule has 0 saturated carbocycles. The lowest BCUT2D eigenvalue weighted by Gasteiger charge is -2.26. The highest BCUT2D eigenvalue weighted by atomic mass is 35.5. The number of carbonyl (C=O) groups excluding carboxylic acids is 2. The molecule has 0 saturated heterocycles. The Kier molecular flexibility index (Phi) is 6.73. The van der Waals surface area contributed by atoms with E-state index in [9.17, 15) is 14.4 Å².